The van der Waals surface area contributed by atoms with Crippen LogP contribution >= 0.6 is 22.7 Å². The molecule has 0 saturated heterocycles. The first-order valence-electron chi connectivity index (χ1n) is 5.99. The van der Waals surface area contributed by atoms with Crippen molar-refractivity contribution in [3.63, 3.8) is 0 Å². The smallest absolute Gasteiger partial charge is 0.228 e. The lowest BCUT2D eigenvalue weighted by molar-refractivity contribution is -0.129. The molecule has 4 heteroatoms. The Balaban J connectivity index is 1.94. The normalized spacial score (nSPS) is 21.8. The molecule has 4 heterocycles. The third kappa shape index (κ3) is 1.30. The zero-order chi connectivity index (χ0) is 12.1. The third-order valence-corrected chi connectivity index (χ3v) is 5.41. The van der Waals surface area contributed by atoms with E-state index in [-0.39, 0.29) is 11.9 Å². The van der Waals surface area contributed by atoms with Gasteiger partial charge in [0.05, 0.1) is 0 Å². The lowest BCUT2D eigenvalue weighted by atomic mass is 10.1. The van der Waals surface area contributed by atoms with Crippen molar-refractivity contribution in [1.82, 2.24) is 4.90 Å². The van der Waals surface area contributed by atoms with Crippen LogP contribution < -0.4 is 0 Å². The van der Waals surface area contributed by atoms with E-state index in [1.807, 2.05) is 4.90 Å². The number of rotatable bonds is 1. The summed E-state index contributed by atoms with van der Waals surface area (Å²) in [4.78, 5) is 16.8. The van der Waals surface area contributed by atoms with Gasteiger partial charge in [-0.1, -0.05) is 12.1 Å². The Hall–Kier alpha value is -1.39. The van der Waals surface area contributed by atoms with E-state index in [1.165, 1.54) is 15.3 Å². The fourth-order valence-corrected chi connectivity index (χ4v) is 4.68. The number of thiophene rings is 2. The summed E-state index contributed by atoms with van der Waals surface area (Å²) in [7, 11) is 0. The maximum Gasteiger partial charge on any atom is 0.228 e. The Kier molecular flexibility index (Phi) is 2.22. The molecule has 0 N–H and O–H groups in total. The predicted octanol–water partition coefficient (Wildman–Crippen LogP) is 3.88. The topological polar surface area (TPSA) is 20.3 Å². The summed E-state index contributed by atoms with van der Waals surface area (Å²) in [5.74, 6) is 0.259. The number of carbonyl (C=O) groups is 1. The van der Waals surface area contributed by atoms with Crippen LogP contribution in [-0.4, -0.2) is 10.8 Å². The molecule has 2 aromatic heterocycles. The SMILES string of the molecule is O=C1CCC=C2c3ccsc3[C@H](c3cccs3)N12. The molecule has 2 nitrogen and oxygen atoms in total. The molecule has 0 unspecified atom stereocenters. The van der Waals surface area contributed by atoms with Crippen molar-refractivity contribution in [3.05, 3.63) is 50.4 Å². The fourth-order valence-electron chi connectivity index (χ4n) is 2.77. The quantitative estimate of drug-likeness (QED) is 0.772. The number of nitrogens with zero attached hydrogens (tertiary/aromatic N) is 1. The average Bonchev–Trinajstić information content (AvgIpc) is 3.04. The summed E-state index contributed by atoms with van der Waals surface area (Å²) >= 11 is 3.49. The highest BCUT2D eigenvalue weighted by atomic mass is 32.1. The van der Waals surface area contributed by atoms with E-state index in [1.54, 1.807) is 22.7 Å². The Morgan fingerprint density at radius 3 is 3.00 bits per heavy atom. The Morgan fingerprint density at radius 2 is 2.17 bits per heavy atom. The molecule has 2 aromatic rings. The first-order chi connectivity index (χ1) is 8.86. The summed E-state index contributed by atoms with van der Waals surface area (Å²) in [6.07, 6.45) is 3.72. The van der Waals surface area contributed by atoms with Crippen molar-refractivity contribution in [2.24, 2.45) is 0 Å². The second-order valence-electron chi connectivity index (χ2n) is 4.51. The van der Waals surface area contributed by atoms with Crippen molar-refractivity contribution >= 4 is 34.3 Å². The van der Waals surface area contributed by atoms with E-state index >= 15 is 0 Å². The molecule has 1 amide bonds. The van der Waals surface area contributed by atoms with Crippen molar-refractivity contribution in [2.45, 2.75) is 18.9 Å². The van der Waals surface area contributed by atoms with Gasteiger partial charge in [0, 0.05) is 27.4 Å². The largest absolute Gasteiger partial charge is 0.299 e. The van der Waals surface area contributed by atoms with Crippen LogP contribution in [0.25, 0.3) is 5.70 Å². The van der Waals surface area contributed by atoms with Crippen LogP contribution in [-0.2, 0) is 4.79 Å². The Bertz CT molecular complexity index is 639. The van der Waals surface area contributed by atoms with Gasteiger partial charge < -0.3 is 0 Å². The van der Waals surface area contributed by atoms with Gasteiger partial charge in [-0.05, 0) is 29.3 Å². The van der Waals surface area contributed by atoms with Gasteiger partial charge in [0.15, 0.2) is 0 Å². The van der Waals surface area contributed by atoms with Crippen molar-refractivity contribution in [2.75, 3.05) is 0 Å². The molecule has 0 bridgehead atoms. The molecule has 2 aliphatic heterocycles. The van der Waals surface area contributed by atoms with E-state index in [2.05, 4.69) is 35.0 Å². The highest BCUT2D eigenvalue weighted by molar-refractivity contribution is 7.12. The van der Waals surface area contributed by atoms with Gasteiger partial charge >= 0.3 is 0 Å². The van der Waals surface area contributed by atoms with E-state index in [9.17, 15) is 4.79 Å². The molecular weight excluding hydrogens is 262 g/mol. The average molecular weight is 273 g/mol. The summed E-state index contributed by atoms with van der Waals surface area (Å²) in [5, 5.41) is 4.21. The standard InChI is InChI=1S/C14H11NOS2/c16-12-5-1-3-10-9-6-8-18-14(9)13(15(10)12)11-4-2-7-17-11/h2-4,6-8,13H,1,5H2/t13-/m0/s1. The van der Waals surface area contributed by atoms with Gasteiger partial charge in [-0.2, -0.15) is 0 Å². The maximum absolute atomic E-state index is 12.2. The number of fused-ring (bicyclic) bond motifs is 3. The molecule has 0 saturated carbocycles. The molecule has 1 atom stereocenters. The third-order valence-electron chi connectivity index (χ3n) is 3.51. The molecule has 0 radical (unpaired) electrons. The molecule has 0 fully saturated rings. The van der Waals surface area contributed by atoms with Gasteiger partial charge in [-0.3, -0.25) is 9.69 Å². The zero-order valence-corrected chi connectivity index (χ0v) is 11.3. The van der Waals surface area contributed by atoms with Gasteiger partial charge in [-0.15, -0.1) is 22.7 Å². The number of allylic oxidation sites excluding steroid dienone is 1. The molecule has 0 aromatic carbocycles. The van der Waals surface area contributed by atoms with E-state index in [4.69, 9.17) is 0 Å². The second kappa shape index (κ2) is 3.80. The maximum atomic E-state index is 12.2. The van der Waals surface area contributed by atoms with Gasteiger partial charge in [0.1, 0.15) is 6.04 Å². The number of amides is 1. The Morgan fingerprint density at radius 1 is 1.22 bits per heavy atom. The molecule has 0 spiro atoms. The van der Waals surface area contributed by atoms with Crippen LogP contribution in [0, 0.1) is 0 Å². The van der Waals surface area contributed by atoms with Crippen LogP contribution in [0.3, 0.4) is 0 Å². The van der Waals surface area contributed by atoms with Crippen molar-refractivity contribution in [1.29, 1.82) is 0 Å². The minimum atomic E-state index is 0.124. The van der Waals surface area contributed by atoms with Crippen LogP contribution in [0.5, 0.6) is 0 Å². The number of hydrogen-bond acceptors (Lipinski definition) is 3. The molecular formula is C14H11NOS2. The molecule has 0 aliphatic carbocycles. The minimum absolute atomic E-state index is 0.124. The van der Waals surface area contributed by atoms with Gasteiger partial charge in [-0.25, -0.2) is 0 Å². The highest BCUT2D eigenvalue weighted by Crippen LogP contribution is 2.50. The number of carbonyl (C=O) groups excluding carboxylic acids is 1. The minimum Gasteiger partial charge on any atom is -0.299 e. The summed E-state index contributed by atoms with van der Waals surface area (Å²) in [5.41, 5.74) is 2.38. The predicted molar refractivity (Wildman–Crippen MR) is 74.5 cm³/mol. The number of hydrogen-bond donors (Lipinski definition) is 0. The first-order valence-corrected chi connectivity index (χ1v) is 7.75. The summed E-state index contributed by atoms with van der Waals surface area (Å²) in [6, 6.07) is 6.46. The van der Waals surface area contributed by atoms with Crippen LogP contribution in [0.15, 0.2) is 35.0 Å². The summed E-state index contributed by atoms with van der Waals surface area (Å²) in [6.45, 7) is 0. The molecule has 90 valence electrons. The van der Waals surface area contributed by atoms with E-state index in [0.717, 1.165) is 12.1 Å². The monoisotopic (exact) mass is 273 g/mol. The van der Waals surface area contributed by atoms with Crippen LogP contribution in [0.2, 0.25) is 0 Å². The van der Waals surface area contributed by atoms with Crippen LogP contribution in [0.4, 0.5) is 0 Å². The first kappa shape index (κ1) is 10.5. The summed E-state index contributed by atoms with van der Waals surface area (Å²) < 4.78 is 0. The zero-order valence-electron chi connectivity index (χ0n) is 9.63. The van der Waals surface area contributed by atoms with Crippen molar-refractivity contribution in [3.8, 4) is 0 Å². The molecule has 2 aliphatic rings. The van der Waals surface area contributed by atoms with Crippen LogP contribution in [0.1, 0.15) is 34.2 Å². The molecule has 4 rings (SSSR count). The lowest BCUT2D eigenvalue weighted by Crippen LogP contribution is -2.30. The Labute approximate surface area is 113 Å². The second-order valence-corrected chi connectivity index (χ2v) is 6.44. The van der Waals surface area contributed by atoms with Crippen molar-refractivity contribution < 1.29 is 4.79 Å². The van der Waals surface area contributed by atoms with E-state index in [0.29, 0.717) is 6.42 Å². The van der Waals surface area contributed by atoms with E-state index < -0.39 is 0 Å². The van der Waals surface area contributed by atoms with Gasteiger partial charge in [0.2, 0.25) is 5.91 Å². The highest BCUT2D eigenvalue weighted by Gasteiger charge is 2.41. The lowest BCUT2D eigenvalue weighted by Gasteiger charge is -2.28. The molecule has 18 heavy (non-hydrogen) atoms. The fraction of sp³-hybridized carbons (Fsp3) is 0.214. The van der Waals surface area contributed by atoms with Gasteiger partial charge in [0.25, 0.3) is 0 Å².